The summed E-state index contributed by atoms with van der Waals surface area (Å²) in [6.45, 7) is 5.82. The highest BCUT2D eigenvalue weighted by molar-refractivity contribution is 7.23. The van der Waals surface area contributed by atoms with Crippen LogP contribution in [-0.2, 0) is 0 Å². The Morgan fingerprint density at radius 2 is 2.11 bits per heavy atom. The van der Waals surface area contributed by atoms with Crippen molar-refractivity contribution in [2.24, 2.45) is 0 Å². The number of carbonyl (C=O) groups excluding carboxylic acids is 1. The normalized spacial score (nSPS) is 11.6. The number of fused-ring (bicyclic) bond motifs is 1. The van der Waals surface area contributed by atoms with Crippen LogP contribution >= 0.6 is 22.9 Å². The van der Waals surface area contributed by atoms with Crippen molar-refractivity contribution in [3.8, 4) is 0 Å². The fraction of sp³-hybridized carbons (Fsp3) is 0.385. The van der Waals surface area contributed by atoms with Crippen LogP contribution in [0, 0.1) is 0 Å². The molecule has 0 atom stereocenters. The Morgan fingerprint density at radius 1 is 1.42 bits per heavy atom. The van der Waals surface area contributed by atoms with Crippen molar-refractivity contribution < 1.29 is 4.79 Å². The van der Waals surface area contributed by atoms with Crippen LogP contribution in [0.4, 0.5) is 9.93 Å². The van der Waals surface area contributed by atoms with E-state index in [0.29, 0.717) is 10.2 Å². The number of rotatable bonds is 1. The zero-order valence-corrected chi connectivity index (χ0v) is 12.9. The van der Waals surface area contributed by atoms with Gasteiger partial charge in [0.25, 0.3) is 0 Å². The molecule has 1 N–H and O–H groups in total. The lowest BCUT2D eigenvalue weighted by Gasteiger charge is -2.24. The van der Waals surface area contributed by atoms with Gasteiger partial charge in [-0.2, -0.15) is 0 Å². The van der Waals surface area contributed by atoms with Crippen LogP contribution < -0.4 is 10.2 Å². The van der Waals surface area contributed by atoms with Gasteiger partial charge in [0.1, 0.15) is 0 Å². The quantitative estimate of drug-likeness (QED) is 0.868. The zero-order chi connectivity index (χ0) is 14.2. The largest absolute Gasteiger partial charge is 0.333 e. The summed E-state index contributed by atoms with van der Waals surface area (Å²) in [7, 11) is 1.70. The third-order valence-electron chi connectivity index (χ3n) is 2.43. The van der Waals surface area contributed by atoms with E-state index >= 15 is 0 Å². The van der Waals surface area contributed by atoms with E-state index in [-0.39, 0.29) is 11.6 Å². The van der Waals surface area contributed by atoms with Crippen molar-refractivity contribution in [3.63, 3.8) is 0 Å². The first-order valence-electron chi connectivity index (χ1n) is 5.89. The summed E-state index contributed by atoms with van der Waals surface area (Å²) < 4.78 is 0.898. The molecule has 2 aromatic rings. The lowest BCUT2D eigenvalue weighted by molar-refractivity contribution is 0.239. The van der Waals surface area contributed by atoms with E-state index in [4.69, 9.17) is 11.6 Å². The molecule has 0 saturated carbocycles. The fourth-order valence-electron chi connectivity index (χ4n) is 1.54. The summed E-state index contributed by atoms with van der Waals surface area (Å²) in [5, 5.41) is 4.18. The predicted molar refractivity (Wildman–Crippen MR) is 81.3 cm³/mol. The first-order valence-corrected chi connectivity index (χ1v) is 7.08. The molecule has 0 fully saturated rings. The summed E-state index contributed by atoms with van der Waals surface area (Å²) in [6, 6.07) is 5.38. The third kappa shape index (κ3) is 3.16. The number of benzene rings is 1. The molecule has 0 aliphatic heterocycles. The number of nitrogens with zero attached hydrogens (tertiary/aromatic N) is 2. The number of anilines is 1. The Kier molecular flexibility index (Phi) is 3.69. The lowest BCUT2D eigenvalue weighted by Crippen LogP contribution is -2.47. The lowest BCUT2D eigenvalue weighted by atomic mass is 10.1. The molecule has 19 heavy (non-hydrogen) atoms. The van der Waals surface area contributed by atoms with Crippen LogP contribution in [0.15, 0.2) is 18.2 Å². The molecule has 1 heterocycles. The fourth-order valence-corrected chi connectivity index (χ4v) is 2.75. The summed E-state index contributed by atoms with van der Waals surface area (Å²) in [5.74, 6) is 0. The van der Waals surface area contributed by atoms with E-state index in [1.165, 1.54) is 16.2 Å². The van der Waals surface area contributed by atoms with Crippen LogP contribution in [0.1, 0.15) is 20.8 Å². The minimum atomic E-state index is -0.278. The molecule has 6 heteroatoms. The molecule has 2 rings (SSSR count). The van der Waals surface area contributed by atoms with E-state index < -0.39 is 0 Å². The summed E-state index contributed by atoms with van der Waals surface area (Å²) in [4.78, 5) is 18.0. The number of hydrogen-bond acceptors (Lipinski definition) is 3. The molecule has 102 valence electrons. The topological polar surface area (TPSA) is 45.2 Å². The molecule has 0 aliphatic rings. The maximum absolute atomic E-state index is 12.1. The van der Waals surface area contributed by atoms with Crippen molar-refractivity contribution >= 4 is 44.3 Å². The molecule has 0 bridgehead atoms. The number of hydrogen-bond donors (Lipinski definition) is 1. The maximum Gasteiger partial charge on any atom is 0.323 e. The Balaban J connectivity index is 2.29. The maximum atomic E-state index is 12.1. The van der Waals surface area contributed by atoms with E-state index in [1.54, 1.807) is 7.05 Å². The molecule has 0 aliphatic carbocycles. The van der Waals surface area contributed by atoms with Gasteiger partial charge in [-0.3, -0.25) is 4.90 Å². The van der Waals surface area contributed by atoms with Crippen LogP contribution in [0.2, 0.25) is 5.02 Å². The Labute approximate surface area is 121 Å². The second-order valence-electron chi connectivity index (χ2n) is 5.32. The summed E-state index contributed by atoms with van der Waals surface area (Å²) in [5.41, 5.74) is 0.530. The molecule has 0 spiro atoms. The van der Waals surface area contributed by atoms with Crippen molar-refractivity contribution in [3.05, 3.63) is 23.2 Å². The van der Waals surface area contributed by atoms with Crippen LogP contribution in [0.3, 0.4) is 0 Å². The second-order valence-corrected chi connectivity index (χ2v) is 6.71. The second kappa shape index (κ2) is 4.98. The average Bonchev–Trinajstić information content (AvgIpc) is 2.71. The van der Waals surface area contributed by atoms with Gasteiger partial charge in [0, 0.05) is 12.6 Å². The highest BCUT2D eigenvalue weighted by Crippen LogP contribution is 2.33. The monoisotopic (exact) mass is 297 g/mol. The number of thiazole rings is 1. The van der Waals surface area contributed by atoms with E-state index in [9.17, 15) is 4.79 Å². The van der Waals surface area contributed by atoms with Crippen LogP contribution in [0.5, 0.6) is 0 Å². The number of carbonyl (C=O) groups is 1. The van der Waals surface area contributed by atoms with E-state index in [2.05, 4.69) is 10.3 Å². The molecule has 0 unspecified atom stereocenters. The first kappa shape index (κ1) is 14.1. The highest BCUT2D eigenvalue weighted by Gasteiger charge is 2.20. The Hall–Kier alpha value is -1.33. The van der Waals surface area contributed by atoms with E-state index in [1.807, 2.05) is 39.0 Å². The van der Waals surface area contributed by atoms with Crippen LogP contribution in [-0.4, -0.2) is 23.6 Å². The number of urea groups is 1. The molecule has 0 saturated heterocycles. The van der Waals surface area contributed by atoms with Gasteiger partial charge in [-0.25, -0.2) is 9.78 Å². The number of amides is 2. The predicted octanol–water partition coefficient (Wildman–Crippen LogP) is 3.89. The highest BCUT2D eigenvalue weighted by atomic mass is 35.5. The summed E-state index contributed by atoms with van der Waals surface area (Å²) >= 11 is 7.52. The third-order valence-corrected chi connectivity index (χ3v) is 4.04. The number of halogens is 1. The van der Waals surface area contributed by atoms with Crippen LogP contribution in [0.25, 0.3) is 10.2 Å². The van der Waals surface area contributed by atoms with Gasteiger partial charge in [-0.15, -0.1) is 0 Å². The van der Waals surface area contributed by atoms with Crippen molar-refractivity contribution in [2.75, 3.05) is 11.9 Å². The molecular formula is C13H16ClN3OS. The zero-order valence-electron chi connectivity index (χ0n) is 11.3. The molecule has 0 radical (unpaired) electrons. The van der Waals surface area contributed by atoms with Gasteiger partial charge >= 0.3 is 6.03 Å². The van der Waals surface area contributed by atoms with Gasteiger partial charge in [0.05, 0.1) is 15.2 Å². The molecule has 1 aromatic carbocycles. The number of aromatic nitrogens is 1. The molecule has 2 amide bonds. The molecule has 4 nitrogen and oxygen atoms in total. The minimum absolute atomic E-state index is 0.178. The first-order chi connectivity index (χ1) is 8.78. The smallest absolute Gasteiger partial charge is 0.323 e. The molecular weight excluding hydrogens is 282 g/mol. The van der Waals surface area contributed by atoms with Crippen molar-refractivity contribution in [1.82, 2.24) is 10.3 Å². The standard InChI is InChI=1S/C13H16ClN3OS/c1-13(2,3)16-11(18)17(4)12-15-9-7-5-6-8(14)10(9)19-12/h5-7H,1-4H3,(H,16,18). The van der Waals surface area contributed by atoms with Gasteiger partial charge in [0.15, 0.2) is 5.13 Å². The Morgan fingerprint density at radius 3 is 2.68 bits per heavy atom. The van der Waals surface area contributed by atoms with Gasteiger partial charge in [0.2, 0.25) is 0 Å². The summed E-state index contributed by atoms with van der Waals surface area (Å²) in [6.07, 6.45) is 0. The minimum Gasteiger partial charge on any atom is -0.333 e. The number of nitrogens with one attached hydrogen (secondary N) is 1. The molecule has 1 aromatic heterocycles. The van der Waals surface area contributed by atoms with E-state index in [0.717, 1.165) is 10.2 Å². The average molecular weight is 298 g/mol. The Bertz CT molecular complexity index is 618. The van der Waals surface area contributed by atoms with Gasteiger partial charge < -0.3 is 5.32 Å². The van der Waals surface area contributed by atoms with Gasteiger partial charge in [-0.1, -0.05) is 29.0 Å². The SMILES string of the molecule is CN(C(=O)NC(C)(C)C)c1nc2cccc(Cl)c2s1. The van der Waals surface area contributed by atoms with Crippen molar-refractivity contribution in [2.45, 2.75) is 26.3 Å². The van der Waals surface area contributed by atoms with Gasteiger partial charge in [-0.05, 0) is 32.9 Å². The van der Waals surface area contributed by atoms with Crippen molar-refractivity contribution in [1.29, 1.82) is 0 Å².